The lowest BCUT2D eigenvalue weighted by Crippen LogP contribution is -2.52. The largest absolute Gasteiger partial charge is 0.480 e. The third-order valence-corrected chi connectivity index (χ3v) is 5.06. The number of carboxylic acid groups (broad SMARTS) is 1. The molecule has 1 fully saturated rings. The number of rotatable bonds is 7. The number of nitrogens with zero attached hydrogens (tertiary/aromatic N) is 6. The van der Waals surface area contributed by atoms with Crippen LogP contribution >= 0.6 is 0 Å². The van der Waals surface area contributed by atoms with Gasteiger partial charge in [0.2, 0.25) is 5.91 Å². The van der Waals surface area contributed by atoms with Gasteiger partial charge in [-0.2, -0.15) is 9.78 Å². The Morgan fingerprint density at radius 2 is 2.13 bits per heavy atom. The highest BCUT2D eigenvalue weighted by molar-refractivity contribution is 5.85. The molecule has 0 spiro atoms. The summed E-state index contributed by atoms with van der Waals surface area (Å²) in [5.74, 6) is -0.797. The molecule has 4 N–H and O–H groups in total. The third kappa shape index (κ3) is 4.74. The number of ether oxygens (including phenoxy) is 1. The van der Waals surface area contributed by atoms with Crippen LogP contribution < -0.4 is 5.73 Å². The Hall–Kier alpha value is -3.67. The lowest BCUT2D eigenvalue weighted by atomic mass is 9.93. The van der Waals surface area contributed by atoms with Crippen molar-refractivity contribution in [1.29, 1.82) is 0 Å². The number of aliphatic imine (C=N–C) groups is 1. The van der Waals surface area contributed by atoms with E-state index in [-0.39, 0.29) is 25.0 Å². The number of carbonyl (C=O) groups is 2. The first-order chi connectivity index (χ1) is 14.8. The molecule has 0 aromatic carbocycles. The van der Waals surface area contributed by atoms with Gasteiger partial charge in [0.25, 0.3) is 0 Å². The van der Waals surface area contributed by atoms with Gasteiger partial charge in [0, 0.05) is 36.9 Å². The van der Waals surface area contributed by atoms with Gasteiger partial charge in [0.15, 0.2) is 5.82 Å². The van der Waals surface area contributed by atoms with Gasteiger partial charge in [0.1, 0.15) is 18.5 Å². The summed E-state index contributed by atoms with van der Waals surface area (Å²) in [6.07, 6.45) is 8.65. The highest BCUT2D eigenvalue weighted by Crippen LogP contribution is 2.31. The van der Waals surface area contributed by atoms with Crippen molar-refractivity contribution in [1.82, 2.24) is 24.6 Å². The fourth-order valence-electron chi connectivity index (χ4n) is 3.47. The number of aliphatic carboxylic acids is 1. The molecule has 2 aromatic heterocycles. The number of hydrogen-bond donors (Lipinski definition) is 3. The van der Waals surface area contributed by atoms with Crippen LogP contribution in [-0.4, -0.2) is 79.3 Å². The first kappa shape index (κ1) is 22.0. The zero-order chi connectivity index (χ0) is 22.5. The van der Waals surface area contributed by atoms with Crippen LogP contribution in [-0.2, 0) is 14.3 Å². The number of allylic oxidation sites excluding steroid dienone is 1. The van der Waals surface area contributed by atoms with E-state index in [1.54, 1.807) is 25.4 Å². The summed E-state index contributed by atoms with van der Waals surface area (Å²) in [6.45, 7) is 1.79. The van der Waals surface area contributed by atoms with Gasteiger partial charge in [0.05, 0.1) is 18.6 Å². The minimum absolute atomic E-state index is 0.167. The molecule has 1 aliphatic rings. The molecule has 166 valence electrons. The highest BCUT2D eigenvalue weighted by atomic mass is 16.5. The van der Waals surface area contributed by atoms with E-state index in [0.29, 0.717) is 40.5 Å². The average Bonchev–Trinajstić information content (AvgIpc) is 3.37. The normalized spacial score (nSPS) is 19.8. The van der Waals surface area contributed by atoms with Crippen LogP contribution in [0.25, 0.3) is 16.9 Å². The van der Waals surface area contributed by atoms with Crippen LogP contribution in [0.2, 0.25) is 0 Å². The monoisotopic (exact) mass is 431 g/mol. The third-order valence-electron chi connectivity index (χ3n) is 5.06. The van der Waals surface area contributed by atoms with E-state index in [4.69, 9.17) is 10.5 Å². The molecule has 31 heavy (non-hydrogen) atoms. The maximum Gasteiger partial charge on any atom is 0.326 e. The zero-order valence-corrected chi connectivity index (χ0v) is 17.2. The molecule has 3 rings (SSSR count). The Morgan fingerprint density at radius 1 is 1.35 bits per heavy atom. The number of methoxy groups -OCH3 is 1. The Labute approximate surface area is 178 Å². The molecular weight excluding hydrogens is 406 g/mol. The minimum atomic E-state index is -1.04. The lowest BCUT2D eigenvalue weighted by molar-refractivity contribution is -0.154. The molecular formula is C19H25N7O5. The number of aromatic nitrogens is 4. The molecule has 1 saturated heterocycles. The van der Waals surface area contributed by atoms with Gasteiger partial charge in [-0.05, 0) is 25.8 Å². The lowest BCUT2D eigenvalue weighted by Gasteiger charge is -2.36. The van der Waals surface area contributed by atoms with Crippen LogP contribution in [0.1, 0.15) is 19.8 Å². The topological polar surface area (TPSA) is 161 Å². The van der Waals surface area contributed by atoms with Gasteiger partial charge >= 0.3 is 5.97 Å². The second kappa shape index (κ2) is 9.43. The van der Waals surface area contributed by atoms with Crippen molar-refractivity contribution in [2.45, 2.75) is 25.8 Å². The van der Waals surface area contributed by atoms with Crippen molar-refractivity contribution in [3.8, 4) is 11.1 Å². The summed E-state index contributed by atoms with van der Waals surface area (Å²) in [6, 6.07) is -0.887. The van der Waals surface area contributed by atoms with Gasteiger partial charge in [-0.25, -0.2) is 9.79 Å². The summed E-state index contributed by atoms with van der Waals surface area (Å²) in [4.78, 5) is 30.5. The first-order valence-electron chi connectivity index (χ1n) is 9.65. The average molecular weight is 431 g/mol. The summed E-state index contributed by atoms with van der Waals surface area (Å²) in [5, 5.41) is 27.0. The number of carboxylic acids is 1. The van der Waals surface area contributed by atoms with E-state index in [1.807, 2.05) is 0 Å². The van der Waals surface area contributed by atoms with Gasteiger partial charge in [-0.3, -0.25) is 4.79 Å². The summed E-state index contributed by atoms with van der Waals surface area (Å²) in [7, 11) is 1.39. The molecule has 0 saturated carbocycles. The van der Waals surface area contributed by atoms with Crippen molar-refractivity contribution < 1.29 is 24.6 Å². The van der Waals surface area contributed by atoms with E-state index in [0.717, 1.165) is 0 Å². The van der Waals surface area contributed by atoms with Crippen molar-refractivity contribution in [3.05, 3.63) is 24.7 Å². The highest BCUT2D eigenvalue weighted by Gasteiger charge is 2.35. The second-order valence-corrected chi connectivity index (χ2v) is 7.11. The van der Waals surface area contributed by atoms with Crippen molar-refractivity contribution >= 4 is 29.7 Å². The number of nitrogens with two attached hydrogens (primary N) is 1. The van der Waals surface area contributed by atoms with Crippen LogP contribution in [0.4, 0.5) is 5.82 Å². The van der Waals surface area contributed by atoms with Crippen molar-refractivity contribution in [2.24, 2.45) is 16.6 Å². The van der Waals surface area contributed by atoms with E-state index in [2.05, 4.69) is 15.2 Å². The van der Waals surface area contributed by atoms with E-state index < -0.39 is 12.0 Å². The Kier molecular flexibility index (Phi) is 6.70. The molecule has 0 aliphatic carbocycles. The number of carbonyl (C=O) groups excluding carboxylic acids is 1. The van der Waals surface area contributed by atoms with Crippen LogP contribution in [0.3, 0.4) is 0 Å². The fraction of sp³-hybridized carbons (Fsp3) is 0.421. The number of likely N-dealkylation sites (tertiary alicyclic amines) is 1. The van der Waals surface area contributed by atoms with Gasteiger partial charge in [-0.15, -0.1) is 9.94 Å². The maximum atomic E-state index is 12.3. The van der Waals surface area contributed by atoms with E-state index in [1.165, 1.54) is 29.1 Å². The standard InChI is InChI=1S/C19H25N7O5/c1-3-16(20)26-18(14(8-23-26)13-7-22-25(30)10-13)21-6-12-4-5-15(19(28)29)24(9-12)17(27)11-31-2/h3,6-8,10,12,15,30H,4-5,9,11,20H2,1-2H3,(H,28,29)/b16-3-,21-6+. The van der Waals surface area contributed by atoms with Crippen LogP contribution in [0.15, 0.2) is 29.7 Å². The molecule has 3 heterocycles. The summed E-state index contributed by atoms with van der Waals surface area (Å²) >= 11 is 0. The first-order valence-corrected chi connectivity index (χ1v) is 9.65. The SMILES string of the molecule is C/C=C(/N)n1ncc(-c2cnn(O)c2)c1/N=C/C1CCC(C(=O)O)N(C(=O)COC)C1. The summed E-state index contributed by atoms with van der Waals surface area (Å²) < 4.78 is 6.34. The molecule has 12 heteroatoms. The number of amides is 1. The van der Waals surface area contributed by atoms with Crippen molar-refractivity contribution in [3.63, 3.8) is 0 Å². The van der Waals surface area contributed by atoms with Crippen molar-refractivity contribution in [2.75, 3.05) is 20.3 Å². The zero-order valence-electron chi connectivity index (χ0n) is 17.2. The minimum Gasteiger partial charge on any atom is -0.480 e. The Bertz CT molecular complexity index is 1010. The number of hydrogen-bond acceptors (Lipinski definition) is 8. The molecule has 0 bridgehead atoms. The number of piperidine rings is 1. The molecule has 1 aliphatic heterocycles. The Morgan fingerprint density at radius 3 is 2.74 bits per heavy atom. The van der Waals surface area contributed by atoms with Gasteiger partial charge < -0.3 is 25.7 Å². The molecule has 12 nitrogen and oxygen atoms in total. The summed E-state index contributed by atoms with van der Waals surface area (Å²) in [5.41, 5.74) is 7.23. The van der Waals surface area contributed by atoms with Crippen LogP contribution in [0, 0.1) is 5.92 Å². The van der Waals surface area contributed by atoms with Gasteiger partial charge in [-0.1, -0.05) is 0 Å². The smallest absolute Gasteiger partial charge is 0.326 e. The molecule has 0 radical (unpaired) electrons. The Balaban J connectivity index is 1.89. The maximum absolute atomic E-state index is 12.3. The predicted molar refractivity (Wildman–Crippen MR) is 111 cm³/mol. The quantitative estimate of drug-likeness (QED) is 0.428. The molecule has 2 atom stereocenters. The fourth-order valence-corrected chi connectivity index (χ4v) is 3.47. The molecule has 2 aromatic rings. The molecule has 1 amide bonds. The molecule has 2 unspecified atom stereocenters. The van der Waals surface area contributed by atoms with E-state index >= 15 is 0 Å². The van der Waals surface area contributed by atoms with Crippen LogP contribution in [0.5, 0.6) is 0 Å². The predicted octanol–water partition coefficient (Wildman–Crippen LogP) is 0.801. The second-order valence-electron chi connectivity index (χ2n) is 7.11. The van der Waals surface area contributed by atoms with E-state index in [9.17, 15) is 19.9 Å².